The molecule has 2 N–H and O–H groups in total. The van der Waals surface area contributed by atoms with Crippen LogP contribution in [0.4, 0.5) is 5.69 Å². The molecule has 4 heteroatoms. The molecule has 0 amide bonds. The largest absolute Gasteiger partial charge is 0.462 e. The van der Waals surface area contributed by atoms with Crippen LogP contribution < -0.4 is 5.73 Å². The van der Waals surface area contributed by atoms with E-state index in [1.165, 1.54) is 11.3 Å². The van der Waals surface area contributed by atoms with Crippen LogP contribution in [0.5, 0.6) is 0 Å². The lowest BCUT2D eigenvalue weighted by atomic mass is 10.2. The third kappa shape index (κ3) is 1.58. The number of esters is 1. The Hall–Kier alpha value is -1.03. The van der Waals surface area contributed by atoms with E-state index >= 15 is 0 Å². The molecule has 1 rings (SSSR count). The first-order valence-electron chi connectivity index (χ1n) is 3.67. The summed E-state index contributed by atoms with van der Waals surface area (Å²) in [5.41, 5.74) is 6.67. The molecule has 0 aliphatic rings. The maximum absolute atomic E-state index is 11.2. The Labute approximate surface area is 75.1 Å². The average molecular weight is 185 g/mol. The van der Waals surface area contributed by atoms with Crippen molar-refractivity contribution in [1.82, 2.24) is 0 Å². The van der Waals surface area contributed by atoms with Gasteiger partial charge in [0.1, 0.15) is 0 Å². The van der Waals surface area contributed by atoms with Crippen molar-refractivity contribution in [1.29, 1.82) is 0 Å². The number of aryl methyl sites for hydroxylation is 1. The van der Waals surface area contributed by atoms with Crippen molar-refractivity contribution >= 4 is 23.0 Å². The molecule has 1 aromatic rings. The molecule has 0 bridgehead atoms. The molecule has 12 heavy (non-hydrogen) atoms. The summed E-state index contributed by atoms with van der Waals surface area (Å²) in [6.07, 6.45) is 0. The summed E-state index contributed by atoms with van der Waals surface area (Å²) < 4.78 is 4.81. The molecule has 0 saturated carbocycles. The van der Waals surface area contributed by atoms with Gasteiger partial charge in [-0.25, -0.2) is 4.79 Å². The van der Waals surface area contributed by atoms with Crippen molar-refractivity contribution in [2.75, 3.05) is 12.3 Å². The highest BCUT2D eigenvalue weighted by atomic mass is 32.1. The van der Waals surface area contributed by atoms with Crippen molar-refractivity contribution in [2.45, 2.75) is 13.8 Å². The Morgan fingerprint density at radius 3 is 2.83 bits per heavy atom. The van der Waals surface area contributed by atoms with Gasteiger partial charge in [0.25, 0.3) is 0 Å². The standard InChI is InChI=1S/C8H11NO2S/c1-3-11-8(10)6-4-12-5(2)7(6)9/h4H,3,9H2,1-2H3. The van der Waals surface area contributed by atoms with E-state index in [0.29, 0.717) is 17.9 Å². The summed E-state index contributed by atoms with van der Waals surface area (Å²) >= 11 is 1.46. The molecule has 0 radical (unpaired) electrons. The van der Waals surface area contributed by atoms with E-state index in [4.69, 9.17) is 10.5 Å². The van der Waals surface area contributed by atoms with E-state index in [1.807, 2.05) is 6.92 Å². The number of anilines is 1. The normalized spacial score (nSPS) is 9.83. The Bertz CT molecular complexity index is 293. The second-order valence-electron chi connectivity index (χ2n) is 2.34. The third-order valence-corrected chi connectivity index (χ3v) is 2.45. The molecule has 66 valence electrons. The molecule has 0 aromatic carbocycles. The van der Waals surface area contributed by atoms with Gasteiger partial charge in [0.15, 0.2) is 0 Å². The molecule has 3 nitrogen and oxygen atoms in total. The van der Waals surface area contributed by atoms with Gasteiger partial charge in [-0.3, -0.25) is 0 Å². The zero-order valence-corrected chi connectivity index (χ0v) is 7.90. The predicted molar refractivity (Wildman–Crippen MR) is 49.4 cm³/mol. The molecular formula is C8H11NO2S. The average Bonchev–Trinajstić information content (AvgIpc) is 2.34. The smallest absolute Gasteiger partial charge is 0.341 e. The van der Waals surface area contributed by atoms with Crippen LogP contribution in [0.1, 0.15) is 22.2 Å². The molecule has 1 heterocycles. The first-order chi connectivity index (χ1) is 5.66. The van der Waals surface area contributed by atoms with E-state index in [2.05, 4.69) is 0 Å². The second kappa shape index (κ2) is 3.58. The van der Waals surface area contributed by atoms with Crippen LogP contribution in [0.3, 0.4) is 0 Å². The minimum atomic E-state index is -0.334. The van der Waals surface area contributed by atoms with Gasteiger partial charge in [-0.15, -0.1) is 11.3 Å². The highest BCUT2D eigenvalue weighted by Crippen LogP contribution is 2.24. The minimum Gasteiger partial charge on any atom is -0.462 e. The summed E-state index contributed by atoms with van der Waals surface area (Å²) in [4.78, 5) is 12.1. The fourth-order valence-corrected chi connectivity index (χ4v) is 1.59. The Kier molecular flexibility index (Phi) is 2.70. The number of nitrogen functional groups attached to an aromatic ring is 1. The molecule has 0 atom stereocenters. The molecule has 0 aliphatic carbocycles. The number of thiophene rings is 1. The fraction of sp³-hybridized carbons (Fsp3) is 0.375. The van der Waals surface area contributed by atoms with Crippen LogP contribution in [0.2, 0.25) is 0 Å². The van der Waals surface area contributed by atoms with Crippen LogP contribution in [0, 0.1) is 6.92 Å². The van der Waals surface area contributed by atoms with Crippen molar-refractivity contribution < 1.29 is 9.53 Å². The van der Waals surface area contributed by atoms with Crippen LogP contribution >= 0.6 is 11.3 Å². The number of ether oxygens (including phenoxy) is 1. The zero-order chi connectivity index (χ0) is 9.14. The summed E-state index contributed by atoms with van der Waals surface area (Å²) in [6, 6.07) is 0. The van der Waals surface area contributed by atoms with Gasteiger partial charge >= 0.3 is 5.97 Å². The van der Waals surface area contributed by atoms with Crippen LogP contribution in [0.15, 0.2) is 5.38 Å². The molecule has 0 unspecified atom stereocenters. The topological polar surface area (TPSA) is 52.3 Å². The van der Waals surface area contributed by atoms with E-state index < -0.39 is 0 Å². The Balaban J connectivity index is 2.88. The zero-order valence-electron chi connectivity index (χ0n) is 7.09. The highest BCUT2D eigenvalue weighted by molar-refractivity contribution is 7.10. The predicted octanol–water partition coefficient (Wildman–Crippen LogP) is 1.82. The van der Waals surface area contributed by atoms with Gasteiger partial charge in [0.05, 0.1) is 17.9 Å². The molecule has 0 aliphatic heterocycles. The third-order valence-electron chi connectivity index (χ3n) is 1.52. The molecule has 0 fully saturated rings. The maximum Gasteiger partial charge on any atom is 0.341 e. The number of carbonyl (C=O) groups is 1. The molecule has 1 aromatic heterocycles. The maximum atomic E-state index is 11.2. The van der Waals surface area contributed by atoms with Gasteiger partial charge in [0, 0.05) is 10.3 Å². The van der Waals surface area contributed by atoms with E-state index in [1.54, 1.807) is 12.3 Å². The number of hydrogen-bond donors (Lipinski definition) is 1. The lowest BCUT2D eigenvalue weighted by molar-refractivity contribution is 0.0528. The van der Waals surface area contributed by atoms with Crippen LogP contribution in [-0.4, -0.2) is 12.6 Å². The Morgan fingerprint density at radius 1 is 1.75 bits per heavy atom. The SMILES string of the molecule is CCOC(=O)c1csc(C)c1N. The van der Waals surface area contributed by atoms with Gasteiger partial charge in [0.2, 0.25) is 0 Å². The number of nitrogens with two attached hydrogens (primary N) is 1. The van der Waals surface area contributed by atoms with Gasteiger partial charge in [-0.1, -0.05) is 0 Å². The number of hydrogen-bond acceptors (Lipinski definition) is 4. The quantitative estimate of drug-likeness (QED) is 0.715. The number of rotatable bonds is 2. The Morgan fingerprint density at radius 2 is 2.42 bits per heavy atom. The van der Waals surface area contributed by atoms with Gasteiger partial charge in [-0.05, 0) is 13.8 Å². The first kappa shape index (κ1) is 9.06. The highest BCUT2D eigenvalue weighted by Gasteiger charge is 2.13. The summed E-state index contributed by atoms with van der Waals surface area (Å²) in [5, 5.41) is 1.72. The molecule has 0 saturated heterocycles. The lowest BCUT2D eigenvalue weighted by Gasteiger charge is -1.99. The lowest BCUT2D eigenvalue weighted by Crippen LogP contribution is -2.05. The second-order valence-corrected chi connectivity index (χ2v) is 3.42. The van der Waals surface area contributed by atoms with E-state index in [9.17, 15) is 4.79 Å². The molecular weight excluding hydrogens is 174 g/mol. The fourth-order valence-electron chi connectivity index (χ4n) is 0.831. The van der Waals surface area contributed by atoms with Gasteiger partial charge < -0.3 is 10.5 Å². The van der Waals surface area contributed by atoms with Crippen LogP contribution in [-0.2, 0) is 4.74 Å². The van der Waals surface area contributed by atoms with Crippen molar-refractivity contribution in [3.8, 4) is 0 Å². The van der Waals surface area contributed by atoms with E-state index in [-0.39, 0.29) is 5.97 Å². The van der Waals surface area contributed by atoms with Gasteiger partial charge in [-0.2, -0.15) is 0 Å². The van der Waals surface area contributed by atoms with E-state index in [0.717, 1.165) is 4.88 Å². The van der Waals surface area contributed by atoms with Crippen molar-refractivity contribution in [3.05, 3.63) is 15.8 Å². The van der Waals surface area contributed by atoms with Crippen LogP contribution in [0.25, 0.3) is 0 Å². The summed E-state index contributed by atoms with van der Waals surface area (Å²) in [5.74, 6) is -0.334. The molecule has 0 spiro atoms. The monoisotopic (exact) mass is 185 g/mol. The summed E-state index contributed by atoms with van der Waals surface area (Å²) in [6.45, 7) is 4.03. The first-order valence-corrected chi connectivity index (χ1v) is 4.55. The van der Waals surface area contributed by atoms with Crippen molar-refractivity contribution in [2.24, 2.45) is 0 Å². The summed E-state index contributed by atoms with van der Waals surface area (Å²) in [7, 11) is 0. The van der Waals surface area contributed by atoms with Crippen molar-refractivity contribution in [3.63, 3.8) is 0 Å². The minimum absolute atomic E-state index is 0.334. The number of carbonyl (C=O) groups excluding carboxylic acids is 1.